The average molecular weight is 385 g/mol. The van der Waals surface area contributed by atoms with Crippen LogP contribution in [0.25, 0.3) is 0 Å². The third-order valence-electron chi connectivity index (χ3n) is 4.82. The van der Waals surface area contributed by atoms with E-state index in [9.17, 15) is 4.79 Å². The van der Waals surface area contributed by atoms with E-state index in [-0.39, 0.29) is 5.91 Å². The van der Waals surface area contributed by atoms with E-state index in [0.717, 1.165) is 40.4 Å². The first-order valence-corrected chi connectivity index (χ1v) is 9.40. The van der Waals surface area contributed by atoms with Crippen molar-refractivity contribution in [2.45, 2.75) is 26.5 Å². The summed E-state index contributed by atoms with van der Waals surface area (Å²) >= 11 is 0. The number of fused-ring (bicyclic) bond motifs is 1. The van der Waals surface area contributed by atoms with Crippen molar-refractivity contribution in [3.05, 3.63) is 53.1 Å². The summed E-state index contributed by atoms with van der Waals surface area (Å²) < 4.78 is 22.4. The lowest BCUT2D eigenvalue weighted by molar-refractivity contribution is -0.129. The summed E-state index contributed by atoms with van der Waals surface area (Å²) in [6, 6.07) is 11.9. The highest BCUT2D eigenvalue weighted by Crippen LogP contribution is 2.31. The molecule has 1 amide bonds. The lowest BCUT2D eigenvalue weighted by Gasteiger charge is -2.17. The van der Waals surface area contributed by atoms with Crippen LogP contribution < -0.4 is 14.2 Å². The normalized spacial score (nSPS) is 13.3. The minimum absolute atomic E-state index is 0.0605. The number of carbonyl (C=O) groups is 1. The van der Waals surface area contributed by atoms with Crippen LogP contribution >= 0.6 is 0 Å². The molecule has 0 spiro atoms. The van der Waals surface area contributed by atoms with Gasteiger partial charge in [0.2, 0.25) is 5.91 Å². The molecule has 0 fully saturated rings. The van der Waals surface area contributed by atoms with Gasteiger partial charge in [0.1, 0.15) is 12.4 Å². The lowest BCUT2D eigenvalue weighted by atomic mass is 10.1. The molecule has 0 aliphatic carbocycles. The monoisotopic (exact) mass is 385 g/mol. The Kier molecular flexibility index (Phi) is 6.76. The molecule has 0 aromatic heterocycles. The number of carbonyl (C=O) groups excluding carboxylic acids is 1. The molecule has 1 heterocycles. The largest absolute Gasteiger partial charge is 0.493 e. The van der Waals surface area contributed by atoms with E-state index in [1.165, 1.54) is 0 Å². The van der Waals surface area contributed by atoms with E-state index in [2.05, 4.69) is 6.07 Å². The Morgan fingerprint density at radius 3 is 2.79 bits per heavy atom. The van der Waals surface area contributed by atoms with Gasteiger partial charge in [0.05, 0.1) is 34.0 Å². The van der Waals surface area contributed by atoms with Gasteiger partial charge >= 0.3 is 0 Å². The molecule has 0 atom stereocenters. The summed E-state index contributed by atoms with van der Waals surface area (Å²) in [4.78, 5) is 13.5. The van der Waals surface area contributed by atoms with Gasteiger partial charge in [0.25, 0.3) is 0 Å². The van der Waals surface area contributed by atoms with E-state index >= 15 is 0 Å². The van der Waals surface area contributed by atoms with Crippen LogP contribution in [0, 0.1) is 0 Å². The van der Waals surface area contributed by atoms with Gasteiger partial charge in [-0.3, -0.25) is 4.79 Å². The number of amides is 1. The third kappa shape index (κ3) is 4.75. The molecule has 0 saturated heterocycles. The van der Waals surface area contributed by atoms with Crippen molar-refractivity contribution < 1.29 is 23.7 Å². The Hall–Kier alpha value is -2.73. The smallest absolute Gasteiger partial charge is 0.219 e. The van der Waals surface area contributed by atoms with Gasteiger partial charge in [0.15, 0.2) is 11.5 Å². The quantitative estimate of drug-likeness (QED) is 0.685. The van der Waals surface area contributed by atoms with Crippen molar-refractivity contribution >= 4 is 5.91 Å². The highest BCUT2D eigenvalue weighted by atomic mass is 16.5. The number of nitrogens with zero attached hydrogens (tertiary/aromatic N) is 1. The highest BCUT2D eigenvalue weighted by Gasteiger charge is 2.17. The molecular weight excluding hydrogens is 358 g/mol. The fraction of sp³-hybridized carbons (Fsp3) is 0.409. The average Bonchev–Trinajstić information content (AvgIpc) is 2.93. The Balaban J connectivity index is 1.58. The van der Waals surface area contributed by atoms with Gasteiger partial charge in [-0.2, -0.15) is 0 Å². The molecule has 2 aromatic rings. The van der Waals surface area contributed by atoms with Gasteiger partial charge in [-0.15, -0.1) is 0 Å². The van der Waals surface area contributed by atoms with Crippen molar-refractivity contribution in [1.29, 1.82) is 0 Å². The molecule has 3 rings (SSSR count). The number of ether oxygens (including phenoxy) is 4. The van der Waals surface area contributed by atoms with Crippen LogP contribution in [0.4, 0.5) is 0 Å². The van der Waals surface area contributed by atoms with Gasteiger partial charge in [-0.05, 0) is 30.2 Å². The van der Waals surface area contributed by atoms with Crippen LogP contribution in [0.15, 0.2) is 36.4 Å². The van der Waals surface area contributed by atoms with Crippen LogP contribution in [0.2, 0.25) is 0 Å². The number of hydrogen-bond acceptors (Lipinski definition) is 5. The van der Waals surface area contributed by atoms with Crippen molar-refractivity contribution in [3.63, 3.8) is 0 Å². The van der Waals surface area contributed by atoms with Gasteiger partial charge in [0, 0.05) is 24.6 Å². The van der Waals surface area contributed by atoms with Crippen LogP contribution in [0.5, 0.6) is 17.2 Å². The first-order chi connectivity index (χ1) is 13.6. The molecule has 0 radical (unpaired) electrons. The number of methoxy groups -OCH3 is 2. The van der Waals surface area contributed by atoms with E-state index in [4.69, 9.17) is 18.9 Å². The third-order valence-corrected chi connectivity index (χ3v) is 4.82. The number of benzene rings is 2. The minimum atomic E-state index is 0.0605. The van der Waals surface area contributed by atoms with Crippen LogP contribution in [-0.4, -0.2) is 44.8 Å². The first kappa shape index (κ1) is 20.0. The summed E-state index contributed by atoms with van der Waals surface area (Å²) in [6.07, 6.45) is 0.729. The Bertz CT molecular complexity index is 821. The van der Waals surface area contributed by atoms with Crippen LogP contribution in [-0.2, 0) is 29.1 Å². The maximum Gasteiger partial charge on any atom is 0.219 e. The predicted octanol–water partition coefficient (Wildman–Crippen LogP) is 3.20. The zero-order valence-electron chi connectivity index (χ0n) is 16.7. The van der Waals surface area contributed by atoms with Crippen molar-refractivity contribution in [2.24, 2.45) is 0 Å². The molecule has 2 aromatic carbocycles. The Labute approximate surface area is 166 Å². The molecule has 0 N–H and O–H groups in total. The second kappa shape index (κ2) is 9.46. The van der Waals surface area contributed by atoms with Gasteiger partial charge in [-0.1, -0.05) is 18.2 Å². The van der Waals surface area contributed by atoms with Gasteiger partial charge in [-0.25, -0.2) is 0 Å². The maximum atomic E-state index is 11.7. The number of para-hydroxylation sites is 1. The molecule has 0 bridgehead atoms. The predicted molar refractivity (Wildman–Crippen MR) is 106 cm³/mol. The fourth-order valence-electron chi connectivity index (χ4n) is 3.33. The minimum Gasteiger partial charge on any atom is -0.493 e. The zero-order chi connectivity index (χ0) is 19.9. The molecule has 0 saturated carbocycles. The highest BCUT2D eigenvalue weighted by molar-refractivity contribution is 5.73. The molecule has 28 heavy (non-hydrogen) atoms. The van der Waals surface area contributed by atoms with E-state index < -0.39 is 0 Å². The molecule has 1 aliphatic rings. The Morgan fingerprint density at radius 1 is 1.18 bits per heavy atom. The maximum absolute atomic E-state index is 11.7. The first-order valence-electron chi connectivity index (χ1n) is 9.40. The fourth-order valence-corrected chi connectivity index (χ4v) is 3.33. The van der Waals surface area contributed by atoms with Gasteiger partial charge < -0.3 is 23.8 Å². The molecular formula is C22H27NO5. The van der Waals surface area contributed by atoms with Crippen molar-refractivity contribution in [1.82, 2.24) is 4.90 Å². The molecule has 6 heteroatoms. The summed E-state index contributed by atoms with van der Waals surface area (Å²) in [5.74, 6) is 2.37. The number of rotatable bonds is 7. The zero-order valence-corrected chi connectivity index (χ0v) is 16.7. The second-order valence-corrected chi connectivity index (χ2v) is 6.69. The molecule has 150 valence electrons. The number of hydrogen-bond donors (Lipinski definition) is 0. The summed E-state index contributed by atoms with van der Waals surface area (Å²) in [5, 5.41) is 0. The summed E-state index contributed by atoms with van der Waals surface area (Å²) in [6.45, 7) is 4.35. The molecule has 0 unspecified atom stereocenters. The topological polar surface area (TPSA) is 57.2 Å². The van der Waals surface area contributed by atoms with Crippen molar-refractivity contribution in [2.75, 3.05) is 34.0 Å². The van der Waals surface area contributed by atoms with E-state index in [1.54, 1.807) is 26.0 Å². The molecule has 6 nitrogen and oxygen atoms in total. The summed E-state index contributed by atoms with van der Waals surface area (Å²) in [7, 11) is 3.28. The summed E-state index contributed by atoms with van der Waals surface area (Å²) in [5.41, 5.74) is 3.13. The Morgan fingerprint density at radius 2 is 2.04 bits per heavy atom. The van der Waals surface area contributed by atoms with E-state index in [1.807, 2.05) is 30.3 Å². The standard InChI is InChI=1S/C22H27NO5/c1-16(24)23-10-12-28-20-8-7-17(13-19(20)14-23)15-27-11-9-18-5-4-6-21(25-2)22(18)26-3/h4-8,13H,9-12,14-15H2,1-3H3. The van der Waals surface area contributed by atoms with Crippen LogP contribution in [0.1, 0.15) is 23.6 Å². The SMILES string of the molecule is COc1cccc(CCOCc2ccc3c(c2)CN(C(C)=O)CCO3)c1OC. The van der Waals surface area contributed by atoms with Crippen molar-refractivity contribution in [3.8, 4) is 17.2 Å². The van der Waals surface area contributed by atoms with E-state index in [0.29, 0.717) is 32.9 Å². The van der Waals surface area contributed by atoms with Crippen LogP contribution in [0.3, 0.4) is 0 Å². The second-order valence-electron chi connectivity index (χ2n) is 6.69. The molecule has 1 aliphatic heterocycles. The lowest BCUT2D eigenvalue weighted by Crippen LogP contribution is -2.30.